The summed E-state index contributed by atoms with van der Waals surface area (Å²) in [5.74, 6) is 1.69. The molecular formula is C12H17N3O2. The molecule has 5 heteroatoms. The SMILES string of the molecule is COc1ccc2nc(CC(CN)OC)[nH]c2c1. The van der Waals surface area contributed by atoms with Crippen molar-refractivity contribution in [2.24, 2.45) is 5.73 Å². The van der Waals surface area contributed by atoms with Crippen molar-refractivity contribution >= 4 is 11.0 Å². The molecule has 0 aliphatic carbocycles. The van der Waals surface area contributed by atoms with Crippen molar-refractivity contribution in [1.29, 1.82) is 0 Å². The second-order valence-electron chi connectivity index (χ2n) is 3.86. The van der Waals surface area contributed by atoms with E-state index in [1.807, 2.05) is 18.2 Å². The van der Waals surface area contributed by atoms with Crippen molar-refractivity contribution in [3.63, 3.8) is 0 Å². The van der Waals surface area contributed by atoms with Crippen LogP contribution in [0.15, 0.2) is 18.2 Å². The van der Waals surface area contributed by atoms with Gasteiger partial charge in [-0.05, 0) is 12.1 Å². The Labute approximate surface area is 99.9 Å². The van der Waals surface area contributed by atoms with Gasteiger partial charge in [0.05, 0.1) is 24.2 Å². The van der Waals surface area contributed by atoms with Gasteiger partial charge in [0.2, 0.25) is 0 Å². The van der Waals surface area contributed by atoms with Crippen LogP contribution in [0.1, 0.15) is 5.82 Å². The number of benzene rings is 1. The minimum Gasteiger partial charge on any atom is -0.497 e. The van der Waals surface area contributed by atoms with E-state index in [0.29, 0.717) is 13.0 Å². The lowest BCUT2D eigenvalue weighted by molar-refractivity contribution is 0.108. The third kappa shape index (κ3) is 2.57. The van der Waals surface area contributed by atoms with Gasteiger partial charge in [0.25, 0.3) is 0 Å². The molecule has 1 aromatic heterocycles. The van der Waals surface area contributed by atoms with E-state index < -0.39 is 0 Å². The van der Waals surface area contributed by atoms with Crippen molar-refractivity contribution in [3.05, 3.63) is 24.0 Å². The number of nitrogens with one attached hydrogen (secondary N) is 1. The monoisotopic (exact) mass is 235 g/mol. The summed E-state index contributed by atoms with van der Waals surface area (Å²) in [5, 5.41) is 0. The van der Waals surface area contributed by atoms with E-state index in [-0.39, 0.29) is 6.10 Å². The smallest absolute Gasteiger partial charge is 0.121 e. The van der Waals surface area contributed by atoms with E-state index >= 15 is 0 Å². The molecule has 17 heavy (non-hydrogen) atoms. The average Bonchev–Trinajstić information content (AvgIpc) is 2.76. The predicted octanol–water partition coefficient (Wildman–Crippen LogP) is 1.09. The van der Waals surface area contributed by atoms with Crippen molar-refractivity contribution in [2.75, 3.05) is 20.8 Å². The Morgan fingerprint density at radius 1 is 1.41 bits per heavy atom. The second-order valence-corrected chi connectivity index (χ2v) is 3.86. The van der Waals surface area contributed by atoms with E-state index in [1.54, 1.807) is 14.2 Å². The summed E-state index contributed by atoms with van der Waals surface area (Å²) in [4.78, 5) is 7.72. The first-order chi connectivity index (χ1) is 8.26. The maximum atomic E-state index is 5.58. The van der Waals surface area contributed by atoms with Crippen LogP contribution in [0.5, 0.6) is 5.75 Å². The van der Waals surface area contributed by atoms with Crippen molar-refractivity contribution in [2.45, 2.75) is 12.5 Å². The molecule has 1 aromatic carbocycles. The normalized spacial score (nSPS) is 12.9. The van der Waals surface area contributed by atoms with E-state index in [2.05, 4.69) is 9.97 Å². The number of fused-ring (bicyclic) bond motifs is 1. The number of hydrogen-bond donors (Lipinski definition) is 2. The lowest BCUT2D eigenvalue weighted by atomic mass is 10.2. The summed E-state index contributed by atoms with van der Waals surface area (Å²) in [7, 11) is 3.30. The molecule has 2 aromatic rings. The minimum atomic E-state index is -0.00235. The second kappa shape index (κ2) is 5.16. The number of methoxy groups -OCH3 is 2. The van der Waals surface area contributed by atoms with E-state index in [4.69, 9.17) is 15.2 Å². The van der Waals surface area contributed by atoms with E-state index in [1.165, 1.54) is 0 Å². The third-order valence-electron chi connectivity index (χ3n) is 2.76. The topological polar surface area (TPSA) is 73.2 Å². The highest BCUT2D eigenvalue weighted by Gasteiger charge is 2.10. The molecule has 0 bridgehead atoms. The molecule has 0 aliphatic heterocycles. The molecule has 3 N–H and O–H groups in total. The Kier molecular flexibility index (Phi) is 3.61. The van der Waals surface area contributed by atoms with Gasteiger partial charge in [-0.25, -0.2) is 4.98 Å². The quantitative estimate of drug-likeness (QED) is 0.813. The minimum absolute atomic E-state index is 0.00235. The first-order valence-electron chi connectivity index (χ1n) is 5.52. The first-order valence-corrected chi connectivity index (χ1v) is 5.52. The largest absolute Gasteiger partial charge is 0.497 e. The molecule has 2 rings (SSSR count). The summed E-state index contributed by atoms with van der Waals surface area (Å²) in [6.07, 6.45) is 0.682. The zero-order chi connectivity index (χ0) is 12.3. The number of ether oxygens (including phenoxy) is 2. The molecule has 0 fully saturated rings. The lowest BCUT2D eigenvalue weighted by Crippen LogP contribution is -2.25. The molecule has 1 atom stereocenters. The highest BCUT2D eigenvalue weighted by atomic mass is 16.5. The Balaban J connectivity index is 2.25. The van der Waals surface area contributed by atoms with Crippen LogP contribution in [0, 0.1) is 0 Å². The number of H-pyrrole nitrogens is 1. The van der Waals surface area contributed by atoms with Crippen LogP contribution in [-0.4, -0.2) is 36.8 Å². The van der Waals surface area contributed by atoms with Crippen LogP contribution in [0.25, 0.3) is 11.0 Å². The zero-order valence-electron chi connectivity index (χ0n) is 10.1. The summed E-state index contributed by atoms with van der Waals surface area (Å²) < 4.78 is 10.4. The molecule has 5 nitrogen and oxygen atoms in total. The molecule has 0 amide bonds. The fraction of sp³-hybridized carbons (Fsp3) is 0.417. The van der Waals surface area contributed by atoms with Crippen molar-refractivity contribution in [3.8, 4) is 5.75 Å². The highest BCUT2D eigenvalue weighted by molar-refractivity contribution is 5.76. The molecule has 1 unspecified atom stereocenters. The van der Waals surface area contributed by atoms with Gasteiger partial charge < -0.3 is 20.2 Å². The molecular weight excluding hydrogens is 218 g/mol. The summed E-state index contributed by atoms with van der Waals surface area (Å²) in [6.45, 7) is 0.483. The Hall–Kier alpha value is -1.59. The highest BCUT2D eigenvalue weighted by Crippen LogP contribution is 2.19. The fourth-order valence-electron chi connectivity index (χ4n) is 1.74. The van der Waals surface area contributed by atoms with Crippen LogP contribution in [0.2, 0.25) is 0 Å². The standard InChI is InChI=1S/C12H17N3O2/c1-16-8-3-4-10-11(5-8)15-12(14-10)6-9(7-13)17-2/h3-5,9H,6-7,13H2,1-2H3,(H,14,15). The van der Waals surface area contributed by atoms with Crippen LogP contribution >= 0.6 is 0 Å². The summed E-state index contributed by atoms with van der Waals surface area (Å²) in [5.41, 5.74) is 7.47. The number of nitrogens with two attached hydrogens (primary N) is 1. The molecule has 0 saturated carbocycles. The maximum absolute atomic E-state index is 5.58. The predicted molar refractivity (Wildman–Crippen MR) is 66.2 cm³/mol. The number of rotatable bonds is 5. The van der Waals surface area contributed by atoms with Gasteiger partial charge in [-0.15, -0.1) is 0 Å². The molecule has 0 saturated heterocycles. The molecule has 0 spiro atoms. The van der Waals surface area contributed by atoms with Gasteiger partial charge in [0, 0.05) is 26.1 Å². The van der Waals surface area contributed by atoms with Crippen molar-refractivity contribution in [1.82, 2.24) is 9.97 Å². The lowest BCUT2D eigenvalue weighted by Gasteiger charge is -2.09. The van der Waals surface area contributed by atoms with Gasteiger partial charge >= 0.3 is 0 Å². The Morgan fingerprint density at radius 2 is 2.24 bits per heavy atom. The van der Waals surface area contributed by atoms with E-state index in [0.717, 1.165) is 22.6 Å². The number of imidazole rings is 1. The molecule has 92 valence electrons. The number of nitrogens with zero attached hydrogens (tertiary/aromatic N) is 1. The van der Waals surface area contributed by atoms with Crippen LogP contribution < -0.4 is 10.5 Å². The van der Waals surface area contributed by atoms with Gasteiger partial charge in [0.1, 0.15) is 11.6 Å². The van der Waals surface area contributed by atoms with Crippen LogP contribution in [0.3, 0.4) is 0 Å². The maximum Gasteiger partial charge on any atom is 0.121 e. The number of hydrogen-bond acceptors (Lipinski definition) is 4. The number of aromatic nitrogens is 2. The van der Waals surface area contributed by atoms with Gasteiger partial charge in [0.15, 0.2) is 0 Å². The van der Waals surface area contributed by atoms with Crippen LogP contribution in [-0.2, 0) is 11.2 Å². The molecule has 0 aliphatic rings. The Bertz CT molecular complexity index is 491. The fourth-order valence-corrected chi connectivity index (χ4v) is 1.74. The van der Waals surface area contributed by atoms with Gasteiger partial charge in [-0.3, -0.25) is 0 Å². The van der Waals surface area contributed by atoms with Gasteiger partial charge in [-0.2, -0.15) is 0 Å². The first kappa shape index (κ1) is 11.9. The molecule has 0 radical (unpaired) electrons. The average molecular weight is 235 g/mol. The third-order valence-corrected chi connectivity index (χ3v) is 2.76. The summed E-state index contributed by atoms with van der Waals surface area (Å²) >= 11 is 0. The zero-order valence-corrected chi connectivity index (χ0v) is 10.1. The Morgan fingerprint density at radius 3 is 2.88 bits per heavy atom. The number of aromatic amines is 1. The van der Waals surface area contributed by atoms with Crippen molar-refractivity contribution < 1.29 is 9.47 Å². The van der Waals surface area contributed by atoms with Gasteiger partial charge in [-0.1, -0.05) is 0 Å². The van der Waals surface area contributed by atoms with Crippen LogP contribution in [0.4, 0.5) is 0 Å². The van der Waals surface area contributed by atoms with E-state index in [9.17, 15) is 0 Å². The molecule has 1 heterocycles. The summed E-state index contributed by atoms with van der Waals surface area (Å²) in [6, 6.07) is 5.75.